The summed E-state index contributed by atoms with van der Waals surface area (Å²) < 4.78 is 54.7. The van der Waals surface area contributed by atoms with Crippen molar-refractivity contribution in [2.75, 3.05) is 7.11 Å². The van der Waals surface area contributed by atoms with Crippen molar-refractivity contribution in [2.24, 2.45) is 14.1 Å². The van der Waals surface area contributed by atoms with Crippen LogP contribution in [0.2, 0.25) is 0 Å². The van der Waals surface area contributed by atoms with E-state index in [1.165, 1.54) is 19.2 Å². The SMILES string of the molecule is COc1nn(C)cc1-n1cc2c(-c3nc(-c4ccc(C#N)cc4OC(F)(F)F)n(C)c3C3CC3)cccc2n1. The molecule has 1 fully saturated rings. The first-order valence-electron chi connectivity index (χ1n) is 12.1. The Morgan fingerprint density at radius 3 is 2.54 bits per heavy atom. The van der Waals surface area contributed by atoms with Crippen LogP contribution in [0.1, 0.15) is 30.0 Å². The van der Waals surface area contributed by atoms with Crippen LogP contribution in [0.15, 0.2) is 48.8 Å². The van der Waals surface area contributed by atoms with E-state index in [2.05, 4.69) is 9.84 Å². The highest BCUT2D eigenvalue weighted by atomic mass is 19.4. The number of alkyl halides is 3. The van der Waals surface area contributed by atoms with Gasteiger partial charge in [-0.25, -0.2) is 9.67 Å². The van der Waals surface area contributed by atoms with E-state index in [4.69, 9.17) is 14.8 Å². The van der Waals surface area contributed by atoms with Crippen molar-refractivity contribution in [1.82, 2.24) is 29.1 Å². The summed E-state index contributed by atoms with van der Waals surface area (Å²) in [5.74, 6) is 0.483. The second-order valence-corrected chi connectivity index (χ2v) is 9.38. The van der Waals surface area contributed by atoms with E-state index in [0.29, 0.717) is 28.6 Å². The first-order chi connectivity index (χ1) is 18.7. The Labute approximate surface area is 220 Å². The van der Waals surface area contributed by atoms with Gasteiger partial charge in [-0.15, -0.1) is 18.3 Å². The van der Waals surface area contributed by atoms with Gasteiger partial charge in [0.15, 0.2) is 0 Å². The summed E-state index contributed by atoms with van der Waals surface area (Å²) in [7, 11) is 5.12. The molecule has 6 rings (SSSR count). The van der Waals surface area contributed by atoms with Gasteiger partial charge in [-0.3, -0.25) is 4.68 Å². The average molecular weight is 534 g/mol. The smallest absolute Gasteiger partial charge is 0.478 e. The number of benzene rings is 2. The van der Waals surface area contributed by atoms with Crippen LogP contribution in [0.3, 0.4) is 0 Å². The number of hydrogen-bond acceptors (Lipinski definition) is 6. The molecule has 3 aromatic heterocycles. The molecule has 0 atom stereocenters. The molecule has 3 heterocycles. The van der Waals surface area contributed by atoms with E-state index in [-0.39, 0.29) is 17.0 Å². The Hall–Kier alpha value is -4.79. The number of rotatable bonds is 6. The van der Waals surface area contributed by atoms with Gasteiger partial charge in [0.25, 0.3) is 5.88 Å². The minimum absolute atomic E-state index is 0.0536. The number of halogens is 3. The second kappa shape index (κ2) is 8.90. The number of nitriles is 1. The van der Waals surface area contributed by atoms with Crippen LogP contribution in [-0.4, -0.2) is 42.6 Å². The Morgan fingerprint density at radius 1 is 1.05 bits per heavy atom. The van der Waals surface area contributed by atoms with Crippen molar-refractivity contribution < 1.29 is 22.6 Å². The maximum absolute atomic E-state index is 13.3. The topological polar surface area (TPSA) is 95.7 Å². The van der Waals surface area contributed by atoms with E-state index < -0.39 is 12.1 Å². The zero-order valence-corrected chi connectivity index (χ0v) is 21.2. The fourth-order valence-corrected chi connectivity index (χ4v) is 4.89. The van der Waals surface area contributed by atoms with E-state index in [1.807, 2.05) is 35.0 Å². The molecule has 0 radical (unpaired) electrons. The highest BCUT2D eigenvalue weighted by molar-refractivity contribution is 5.95. The Bertz CT molecular complexity index is 1770. The number of methoxy groups -OCH3 is 1. The molecular weight excluding hydrogens is 511 g/mol. The summed E-state index contributed by atoms with van der Waals surface area (Å²) in [5.41, 5.74) is 3.97. The lowest BCUT2D eigenvalue weighted by Gasteiger charge is -2.14. The molecule has 0 saturated heterocycles. The fraction of sp³-hybridized carbons (Fsp3) is 0.259. The van der Waals surface area contributed by atoms with Crippen LogP contribution in [-0.2, 0) is 14.1 Å². The number of hydrogen-bond donors (Lipinski definition) is 0. The average Bonchev–Trinajstić information content (AvgIpc) is 3.36. The summed E-state index contributed by atoms with van der Waals surface area (Å²) in [6.07, 6.45) is 0.644. The van der Waals surface area contributed by atoms with Crippen LogP contribution < -0.4 is 9.47 Å². The monoisotopic (exact) mass is 533 g/mol. The number of imidazole rings is 1. The highest BCUT2D eigenvalue weighted by Gasteiger charge is 2.35. The van der Waals surface area contributed by atoms with Gasteiger partial charge in [-0.05, 0) is 37.1 Å². The van der Waals surface area contributed by atoms with Gasteiger partial charge < -0.3 is 14.0 Å². The van der Waals surface area contributed by atoms with Crippen LogP contribution in [0.4, 0.5) is 13.2 Å². The lowest BCUT2D eigenvalue weighted by molar-refractivity contribution is -0.274. The number of ether oxygens (including phenoxy) is 2. The van der Waals surface area contributed by atoms with Crippen LogP contribution in [0.25, 0.3) is 39.2 Å². The van der Waals surface area contributed by atoms with Gasteiger partial charge in [0.1, 0.15) is 17.3 Å². The predicted octanol–water partition coefficient (Wildman–Crippen LogP) is 5.48. The quantitative estimate of drug-likeness (QED) is 0.287. The number of aryl methyl sites for hydroxylation is 1. The molecule has 39 heavy (non-hydrogen) atoms. The van der Waals surface area contributed by atoms with Crippen molar-refractivity contribution in [3.8, 4) is 46.0 Å². The molecule has 0 N–H and O–H groups in total. The summed E-state index contributed by atoms with van der Waals surface area (Å²) in [6.45, 7) is 0. The molecule has 1 aliphatic carbocycles. The summed E-state index contributed by atoms with van der Waals surface area (Å²) >= 11 is 0. The first-order valence-corrected chi connectivity index (χ1v) is 12.1. The molecule has 198 valence electrons. The summed E-state index contributed by atoms with van der Waals surface area (Å²) in [6, 6.07) is 11.5. The largest absolute Gasteiger partial charge is 0.573 e. The van der Waals surface area contributed by atoms with Crippen LogP contribution >= 0.6 is 0 Å². The Kier molecular flexibility index (Phi) is 5.60. The zero-order valence-electron chi connectivity index (χ0n) is 21.2. The second-order valence-electron chi connectivity index (χ2n) is 9.38. The highest BCUT2D eigenvalue weighted by Crippen LogP contribution is 2.47. The molecule has 9 nitrogen and oxygen atoms in total. The molecular formula is C27H22F3N7O2. The summed E-state index contributed by atoms with van der Waals surface area (Å²) in [4.78, 5) is 4.88. The Morgan fingerprint density at radius 2 is 1.85 bits per heavy atom. The minimum Gasteiger partial charge on any atom is -0.478 e. The van der Waals surface area contributed by atoms with E-state index in [0.717, 1.165) is 35.6 Å². The van der Waals surface area contributed by atoms with Gasteiger partial charge >= 0.3 is 6.36 Å². The van der Waals surface area contributed by atoms with Gasteiger partial charge in [0.2, 0.25) is 0 Å². The lowest BCUT2D eigenvalue weighted by Crippen LogP contribution is -2.18. The maximum atomic E-state index is 13.3. The van der Waals surface area contributed by atoms with E-state index in [9.17, 15) is 18.4 Å². The van der Waals surface area contributed by atoms with E-state index >= 15 is 0 Å². The fourth-order valence-electron chi connectivity index (χ4n) is 4.89. The third-order valence-electron chi connectivity index (χ3n) is 6.70. The molecule has 12 heteroatoms. The minimum atomic E-state index is -4.93. The molecule has 0 spiro atoms. The molecule has 2 aromatic carbocycles. The third kappa shape index (κ3) is 4.35. The summed E-state index contributed by atoms with van der Waals surface area (Å²) in [5, 5.41) is 19.1. The van der Waals surface area contributed by atoms with Gasteiger partial charge in [-0.2, -0.15) is 10.4 Å². The van der Waals surface area contributed by atoms with Crippen molar-refractivity contribution in [2.45, 2.75) is 25.1 Å². The van der Waals surface area contributed by atoms with Gasteiger partial charge in [0, 0.05) is 42.9 Å². The number of fused-ring (bicyclic) bond motifs is 1. The molecule has 0 amide bonds. The predicted molar refractivity (Wildman–Crippen MR) is 135 cm³/mol. The Balaban J connectivity index is 1.54. The zero-order chi connectivity index (χ0) is 27.5. The van der Waals surface area contributed by atoms with Crippen molar-refractivity contribution in [1.29, 1.82) is 5.26 Å². The molecule has 0 bridgehead atoms. The first kappa shape index (κ1) is 24.5. The molecule has 0 unspecified atom stereocenters. The van der Waals surface area contributed by atoms with Gasteiger partial charge in [-0.1, -0.05) is 12.1 Å². The molecule has 0 aliphatic heterocycles. The van der Waals surface area contributed by atoms with Crippen molar-refractivity contribution in [3.63, 3.8) is 0 Å². The van der Waals surface area contributed by atoms with Crippen molar-refractivity contribution in [3.05, 3.63) is 60.0 Å². The van der Waals surface area contributed by atoms with Gasteiger partial charge in [0.05, 0.1) is 41.7 Å². The van der Waals surface area contributed by atoms with Crippen LogP contribution in [0.5, 0.6) is 11.6 Å². The maximum Gasteiger partial charge on any atom is 0.573 e. The van der Waals surface area contributed by atoms with Crippen LogP contribution in [0, 0.1) is 11.3 Å². The van der Waals surface area contributed by atoms with Crippen molar-refractivity contribution >= 4 is 10.9 Å². The number of nitrogens with zero attached hydrogens (tertiary/aromatic N) is 7. The molecule has 1 saturated carbocycles. The lowest BCUT2D eigenvalue weighted by atomic mass is 10.0. The standard InChI is InChI=1S/C27H22F3N7O2/c1-35-14-21(26(34-35)38-3)37-13-19-17(5-4-6-20(19)33-37)23-24(16-8-9-16)36(2)25(32-23)18-10-7-15(12-31)11-22(18)39-27(28,29)30/h4-7,10-11,13-14,16H,8-9H2,1-3H3. The molecule has 1 aliphatic rings. The number of aromatic nitrogens is 6. The normalized spacial score (nSPS) is 13.6. The third-order valence-corrected chi connectivity index (χ3v) is 6.70. The van der Waals surface area contributed by atoms with E-state index in [1.54, 1.807) is 29.7 Å². The molecule has 5 aromatic rings.